The van der Waals surface area contributed by atoms with Gasteiger partial charge >= 0.3 is 0 Å². The van der Waals surface area contributed by atoms with Gasteiger partial charge in [-0.05, 0) is 66.2 Å². The van der Waals surface area contributed by atoms with Crippen LogP contribution in [0, 0.1) is 0 Å². The van der Waals surface area contributed by atoms with Crippen LogP contribution in [-0.2, 0) is 0 Å². The Morgan fingerprint density at radius 1 is 0.316 bits per heavy atom. The number of furan rings is 2. The quantitative estimate of drug-likeness (QED) is 0.176. The average Bonchev–Trinajstić information content (AvgIpc) is 3.95. The van der Waals surface area contributed by atoms with Crippen molar-refractivity contribution in [1.82, 2.24) is 19.5 Å². The summed E-state index contributed by atoms with van der Waals surface area (Å²) in [6.45, 7) is 0. The predicted molar refractivity (Wildman–Crippen MR) is 230 cm³/mol. The van der Waals surface area contributed by atoms with Gasteiger partial charge in [-0.1, -0.05) is 121 Å². The molecular formula is C51H30N4O2. The molecule has 0 fully saturated rings. The van der Waals surface area contributed by atoms with Crippen LogP contribution in [0.15, 0.2) is 191 Å². The van der Waals surface area contributed by atoms with Gasteiger partial charge in [-0.3, -0.25) is 0 Å². The summed E-state index contributed by atoms with van der Waals surface area (Å²) in [7, 11) is 0. The van der Waals surface area contributed by atoms with Crippen molar-refractivity contribution in [3.05, 3.63) is 182 Å². The van der Waals surface area contributed by atoms with E-state index in [1.54, 1.807) is 0 Å². The molecule has 0 aliphatic carbocycles. The van der Waals surface area contributed by atoms with Crippen LogP contribution in [0.4, 0.5) is 0 Å². The molecule has 4 heterocycles. The second-order valence-electron chi connectivity index (χ2n) is 14.4. The minimum atomic E-state index is 0.562. The lowest BCUT2D eigenvalue weighted by Gasteiger charge is -2.14. The van der Waals surface area contributed by atoms with Crippen LogP contribution in [0.3, 0.4) is 0 Å². The Labute approximate surface area is 325 Å². The molecule has 0 bridgehead atoms. The van der Waals surface area contributed by atoms with E-state index in [4.69, 9.17) is 23.8 Å². The van der Waals surface area contributed by atoms with Gasteiger partial charge < -0.3 is 13.4 Å². The summed E-state index contributed by atoms with van der Waals surface area (Å²) in [4.78, 5) is 15.0. The van der Waals surface area contributed by atoms with Crippen LogP contribution in [0.2, 0.25) is 0 Å². The monoisotopic (exact) mass is 730 g/mol. The number of nitrogens with zero attached hydrogens (tertiary/aromatic N) is 4. The summed E-state index contributed by atoms with van der Waals surface area (Å²) in [5.41, 5.74) is 11.6. The Morgan fingerprint density at radius 2 is 0.807 bits per heavy atom. The third kappa shape index (κ3) is 5.01. The van der Waals surface area contributed by atoms with Crippen molar-refractivity contribution in [1.29, 1.82) is 0 Å². The minimum Gasteiger partial charge on any atom is -0.456 e. The molecule has 8 aromatic carbocycles. The first-order valence-corrected chi connectivity index (χ1v) is 19.0. The first-order valence-electron chi connectivity index (χ1n) is 19.0. The molecular weight excluding hydrogens is 701 g/mol. The molecule has 6 heteroatoms. The highest BCUT2D eigenvalue weighted by Crippen LogP contribution is 2.39. The lowest BCUT2D eigenvalue weighted by molar-refractivity contribution is 0.668. The van der Waals surface area contributed by atoms with E-state index < -0.39 is 0 Å². The first kappa shape index (κ1) is 31.5. The van der Waals surface area contributed by atoms with Gasteiger partial charge in [0.1, 0.15) is 22.3 Å². The van der Waals surface area contributed by atoms with Gasteiger partial charge in [0, 0.05) is 54.6 Å². The van der Waals surface area contributed by atoms with E-state index in [-0.39, 0.29) is 0 Å². The highest BCUT2D eigenvalue weighted by atomic mass is 16.3. The van der Waals surface area contributed by atoms with E-state index in [9.17, 15) is 0 Å². The SMILES string of the molecule is c1ccc(-c2nc(-c3ccc4c(c3)oc3ccccc34)nc(-c3ccc4c(c3)oc3ccc(-c5ccccc5-n5c6ccccc6c6ccccc65)cc34)n2)cc1. The fourth-order valence-electron chi connectivity index (χ4n) is 8.39. The molecule has 266 valence electrons. The summed E-state index contributed by atoms with van der Waals surface area (Å²) in [5, 5.41) is 6.69. The van der Waals surface area contributed by atoms with E-state index in [0.29, 0.717) is 17.5 Å². The fraction of sp³-hybridized carbons (Fsp3) is 0. The number of para-hydroxylation sites is 4. The smallest absolute Gasteiger partial charge is 0.164 e. The van der Waals surface area contributed by atoms with E-state index in [0.717, 1.165) is 77.4 Å². The molecule has 0 saturated heterocycles. The van der Waals surface area contributed by atoms with E-state index in [1.807, 2.05) is 60.7 Å². The van der Waals surface area contributed by atoms with Crippen LogP contribution < -0.4 is 0 Å². The number of hydrogen-bond donors (Lipinski definition) is 0. The van der Waals surface area contributed by atoms with Crippen molar-refractivity contribution in [3.8, 4) is 51.0 Å². The van der Waals surface area contributed by atoms with Crippen LogP contribution in [0.1, 0.15) is 0 Å². The van der Waals surface area contributed by atoms with Crippen molar-refractivity contribution < 1.29 is 8.83 Å². The Kier molecular flexibility index (Phi) is 6.83. The third-order valence-electron chi connectivity index (χ3n) is 11.1. The van der Waals surface area contributed by atoms with E-state index in [1.165, 1.54) is 21.8 Å². The molecule has 0 amide bonds. The summed E-state index contributed by atoms with van der Waals surface area (Å²) in [5.74, 6) is 1.72. The molecule has 6 nitrogen and oxygen atoms in total. The number of hydrogen-bond acceptors (Lipinski definition) is 5. The van der Waals surface area contributed by atoms with Gasteiger partial charge in [0.25, 0.3) is 0 Å². The molecule has 12 rings (SSSR count). The fourth-order valence-corrected chi connectivity index (χ4v) is 8.39. The lowest BCUT2D eigenvalue weighted by atomic mass is 10.0. The van der Waals surface area contributed by atoms with Crippen molar-refractivity contribution in [3.63, 3.8) is 0 Å². The van der Waals surface area contributed by atoms with Crippen LogP contribution in [0.5, 0.6) is 0 Å². The number of fused-ring (bicyclic) bond motifs is 9. The van der Waals surface area contributed by atoms with Gasteiger partial charge in [-0.25, -0.2) is 15.0 Å². The zero-order valence-corrected chi connectivity index (χ0v) is 30.4. The molecule has 4 aromatic heterocycles. The standard InChI is InChI=1S/C51H30N4O2/c1-2-12-31(13-3-1)49-52-50(33-22-25-39-38-17-7-11-21-45(38)56-47(39)29-33)54-51(53-49)34-23-26-40-41-28-32(24-27-46(41)57-48(40)30-34)35-14-4-8-18-42(35)55-43-19-9-5-15-36(43)37-16-6-10-20-44(37)55/h1-30H. The normalized spacial score (nSPS) is 11.9. The van der Waals surface area contributed by atoms with Gasteiger partial charge in [-0.2, -0.15) is 0 Å². The number of aromatic nitrogens is 4. The van der Waals surface area contributed by atoms with Gasteiger partial charge in [-0.15, -0.1) is 0 Å². The molecule has 57 heavy (non-hydrogen) atoms. The van der Waals surface area contributed by atoms with Gasteiger partial charge in [0.15, 0.2) is 17.5 Å². The largest absolute Gasteiger partial charge is 0.456 e. The second kappa shape index (κ2) is 12.3. The van der Waals surface area contributed by atoms with Gasteiger partial charge in [0.2, 0.25) is 0 Å². The maximum atomic E-state index is 6.54. The predicted octanol–water partition coefficient (Wildman–Crippen LogP) is 13.4. The van der Waals surface area contributed by atoms with Crippen molar-refractivity contribution in [2.45, 2.75) is 0 Å². The summed E-state index contributed by atoms with van der Waals surface area (Å²) >= 11 is 0. The molecule has 0 radical (unpaired) electrons. The van der Waals surface area contributed by atoms with Crippen molar-refractivity contribution >= 4 is 65.7 Å². The number of benzene rings is 8. The molecule has 0 unspecified atom stereocenters. The molecule has 12 aromatic rings. The summed E-state index contributed by atoms with van der Waals surface area (Å²) in [6, 6.07) is 62.9. The van der Waals surface area contributed by atoms with Crippen LogP contribution in [-0.4, -0.2) is 19.5 Å². The lowest BCUT2D eigenvalue weighted by Crippen LogP contribution is -2.00. The second-order valence-corrected chi connectivity index (χ2v) is 14.4. The Hall–Kier alpha value is -7.83. The molecule has 0 N–H and O–H groups in total. The van der Waals surface area contributed by atoms with Crippen LogP contribution in [0.25, 0.3) is 117 Å². The Balaban J connectivity index is 0.980. The van der Waals surface area contributed by atoms with Crippen LogP contribution >= 0.6 is 0 Å². The molecule has 0 spiro atoms. The van der Waals surface area contributed by atoms with Crippen molar-refractivity contribution in [2.75, 3.05) is 0 Å². The molecule has 0 saturated carbocycles. The van der Waals surface area contributed by atoms with Crippen molar-refractivity contribution in [2.24, 2.45) is 0 Å². The Bertz CT molecular complexity index is 3490. The zero-order chi connectivity index (χ0) is 37.5. The zero-order valence-electron chi connectivity index (χ0n) is 30.4. The maximum Gasteiger partial charge on any atom is 0.164 e. The topological polar surface area (TPSA) is 69.9 Å². The summed E-state index contributed by atoms with van der Waals surface area (Å²) < 4.78 is 15.2. The minimum absolute atomic E-state index is 0.562. The molecule has 0 aliphatic rings. The third-order valence-corrected chi connectivity index (χ3v) is 11.1. The maximum absolute atomic E-state index is 6.54. The van der Waals surface area contributed by atoms with E-state index in [2.05, 4.69) is 126 Å². The highest BCUT2D eigenvalue weighted by molar-refractivity contribution is 6.11. The van der Waals surface area contributed by atoms with Gasteiger partial charge in [0.05, 0.1) is 16.7 Å². The Morgan fingerprint density at radius 3 is 1.49 bits per heavy atom. The summed E-state index contributed by atoms with van der Waals surface area (Å²) in [6.07, 6.45) is 0. The number of rotatable bonds is 5. The highest BCUT2D eigenvalue weighted by Gasteiger charge is 2.19. The first-order chi connectivity index (χ1) is 28.2. The average molecular weight is 731 g/mol. The molecule has 0 atom stereocenters. The molecule has 0 aliphatic heterocycles. The van der Waals surface area contributed by atoms with E-state index >= 15 is 0 Å².